The van der Waals surface area contributed by atoms with Crippen molar-refractivity contribution in [1.29, 1.82) is 0 Å². The van der Waals surface area contributed by atoms with Crippen molar-refractivity contribution >= 4 is 43.4 Å². The standard InChI is InChI=1S/C45H39N3/c1-3-4-6-15-30(2)44(33-18-7-5-8-19-33)47-45(46)38-26-29-39(37-23-14-13-22-36(37)38)48-40-27-24-31-16-9-11-20-34(31)42(40)43-35-21-12-10-17-32(35)25-28-41(43)48/h3-29,37,39,44-45,47H,1,46H2,2H3/b6-4-,30-15+/t37?,39?,44?,45-/m1/s1. The zero-order valence-corrected chi connectivity index (χ0v) is 27.1. The van der Waals surface area contributed by atoms with Crippen LogP contribution in [-0.2, 0) is 0 Å². The number of benzene rings is 5. The molecule has 1 aromatic heterocycles. The molecule has 0 radical (unpaired) electrons. The van der Waals surface area contributed by atoms with Crippen molar-refractivity contribution in [3.8, 4) is 0 Å². The number of allylic oxidation sites excluding steroid dienone is 10. The van der Waals surface area contributed by atoms with Gasteiger partial charge < -0.3 is 10.3 Å². The molecule has 0 fully saturated rings. The first-order valence-corrected chi connectivity index (χ1v) is 16.8. The Bertz CT molecular complexity index is 2280. The third-order valence-electron chi connectivity index (χ3n) is 10.00. The number of nitrogens with two attached hydrogens (primary N) is 1. The lowest BCUT2D eigenvalue weighted by Crippen LogP contribution is -2.43. The molecule has 3 nitrogen and oxygen atoms in total. The molecule has 6 aromatic rings. The average Bonchev–Trinajstić information content (AvgIpc) is 3.49. The zero-order chi connectivity index (χ0) is 32.6. The summed E-state index contributed by atoms with van der Waals surface area (Å²) in [6.07, 6.45) is 21.1. The summed E-state index contributed by atoms with van der Waals surface area (Å²) in [6.45, 7) is 5.96. The number of nitrogens with zero attached hydrogens (tertiary/aromatic N) is 1. The Morgan fingerprint density at radius 2 is 1.40 bits per heavy atom. The van der Waals surface area contributed by atoms with Crippen LogP contribution in [0.2, 0.25) is 0 Å². The highest BCUT2D eigenvalue weighted by molar-refractivity contribution is 6.28. The molecule has 48 heavy (non-hydrogen) atoms. The van der Waals surface area contributed by atoms with Crippen LogP contribution in [0.25, 0.3) is 43.4 Å². The second-order valence-electron chi connectivity index (χ2n) is 12.8. The summed E-state index contributed by atoms with van der Waals surface area (Å²) >= 11 is 0. The van der Waals surface area contributed by atoms with Crippen LogP contribution in [0.5, 0.6) is 0 Å². The van der Waals surface area contributed by atoms with E-state index in [1.807, 2.05) is 12.2 Å². The van der Waals surface area contributed by atoms with Crippen molar-refractivity contribution < 1.29 is 0 Å². The summed E-state index contributed by atoms with van der Waals surface area (Å²) in [7, 11) is 0. The second-order valence-corrected chi connectivity index (χ2v) is 12.8. The van der Waals surface area contributed by atoms with Crippen molar-refractivity contribution in [2.75, 3.05) is 0 Å². The first-order valence-electron chi connectivity index (χ1n) is 16.8. The molecule has 4 atom stereocenters. The predicted molar refractivity (Wildman–Crippen MR) is 205 cm³/mol. The minimum absolute atomic E-state index is 0.0460. The van der Waals surface area contributed by atoms with Gasteiger partial charge in [-0.3, -0.25) is 5.32 Å². The Morgan fingerprint density at radius 1 is 0.750 bits per heavy atom. The second kappa shape index (κ2) is 12.6. The molecular formula is C45H39N3. The van der Waals surface area contributed by atoms with Crippen molar-refractivity contribution in [2.24, 2.45) is 11.7 Å². The summed E-state index contributed by atoms with van der Waals surface area (Å²) in [4.78, 5) is 0. The van der Waals surface area contributed by atoms with Gasteiger partial charge >= 0.3 is 0 Å². The van der Waals surface area contributed by atoms with Crippen LogP contribution in [0.15, 0.2) is 187 Å². The molecule has 0 spiro atoms. The van der Waals surface area contributed by atoms with E-state index in [-0.39, 0.29) is 24.2 Å². The van der Waals surface area contributed by atoms with Crippen LogP contribution in [0.1, 0.15) is 24.6 Å². The van der Waals surface area contributed by atoms with Gasteiger partial charge in [0.15, 0.2) is 0 Å². The van der Waals surface area contributed by atoms with Gasteiger partial charge in [0.2, 0.25) is 0 Å². The predicted octanol–water partition coefficient (Wildman–Crippen LogP) is 10.6. The molecule has 1 heterocycles. The maximum atomic E-state index is 7.11. The third-order valence-corrected chi connectivity index (χ3v) is 10.00. The van der Waals surface area contributed by atoms with E-state index in [0.717, 1.165) is 5.57 Å². The van der Waals surface area contributed by atoms with E-state index in [0.29, 0.717) is 0 Å². The molecular weight excluding hydrogens is 583 g/mol. The largest absolute Gasteiger partial charge is 0.332 e. The van der Waals surface area contributed by atoms with Crippen LogP contribution in [0.3, 0.4) is 0 Å². The number of hydrogen-bond donors (Lipinski definition) is 2. The number of rotatable bonds is 8. The maximum absolute atomic E-state index is 7.11. The van der Waals surface area contributed by atoms with E-state index >= 15 is 0 Å². The van der Waals surface area contributed by atoms with Crippen LogP contribution in [0.4, 0.5) is 0 Å². The topological polar surface area (TPSA) is 43.0 Å². The molecule has 0 amide bonds. The Labute approximate surface area is 282 Å². The lowest BCUT2D eigenvalue weighted by molar-refractivity contribution is 0.494. The van der Waals surface area contributed by atoms with E-state index in [1.54, 1.807) is 6.08 Å². The normalized spacial score (nSPS) is 19.2. The zero-order valence-electron chi connectivity index (χ0n) is 27.1. The minimum atomic E-state index is -0.376. The summed E-state index contributed by atoms with van der Waals surface area (Å²) in [5.41, 5.74) is 14.3. The molecule has 0 bridgehead atoms. The van der Waals surface area contributed by atoms with Crippen molar-refractivity contribution in [3.05, 3.63) is 193 Å². The Balaban J connectivity index is 1.25. The van der Waals surface area contributed by atoms with Crippen LogP contribution in [-0.4, -0.2) is 10.7 Å². The molecule has 0 aliphatic heterocycles. The maximum Gasteiger partial charge on any atom is 0.0820 e. The van der Waals surface area contributed by atoms with E-state index in [1.165, 1.54) is 60.1 Å². The van der Waals surface area contributed by atoms with Crippen molar-refractivity contribution in [2.45, 2.75) is 25.2 Å². The molecule has 2 aliphatic rings. The fourth-order valence-electron chi connectivity index (χ4n) is 7.78. The SMILES string of the molecule is C=C/C=C\C=C(/C)C(N[C@@H](N)C1=C2C=CC=CC2C(n2c3ccc4ccccc4c3c3c4ccccc4ccc32)C=C1)c1ccccc1. The molecule has 2 aliphatic carbocycles. The fourth-order valence-corrected chi connectivity index (χ4v) is 7.78. The highest BCUT2D eigenvalue weighted by Crippen LogP contribution is 2.45. The van der Waals surface area contributed by atoms with E-state index in [2.05, 4.69) is 169 Å². The molecule has 3 unspecified atom stereocenters. The van der Waals surface area contributed by atoms with Crippen LogP contribution >= 0.6 is 0 Å². The van der Waals surface area contributed by atoms with Crippen molar-refractivity contribution in [1.82, 2.24) is 9.88 Å². The van der Waals surface area contributed by atoms with Gasteiger partial charge in [-0.15, -0.1) is 0 Å². The minimum Gasteiger partial charge on any atom is -0.332 e. The number of aromatic nitrogens is 1. The summed E-state index contributed by atoms with van der Waals surface area (Å²) in [5, 5.41) is 11.5. The smallest absolute Gasteiger partial charge is 0.0820 e. The van der Waals surface area contributed by atoms with Crippen LogP contribution in [0, 0.1) is 5.92 Å². The molecule has 8 rings (SSSR count). The van der Waals surface area contributed by atoms with Gasteiger partial charge in [-0.1, -0.05) is 164 Å². The van der Waals surface area contributed by atoms with Crippen molar-refractivity contribution in [3.63, 3.8) is 0 Å². The molecule has 3 N–H and O–H groups in total. The highest BCUT2D eigenvalue weighted by atomic mass is 15.1. The highest BCUT2D eigenvalue weighted by Gasteiger charge is 2.32. The van der Waals surface area contributed by atoms with Gasteiger partial charge in [-0.2, -0.15) is 0 Å². The Kier molecular flexibility index (Phi) is 7.85. The Hall–Kier alpha value is -5.48. The third kappa shape index (κ3) is 5.09. The quantitative estimate of drug-likeness (QED) is 0.131. The molecule has 234 valence electrons. The van der Waals surface area contributed by atoms with Gasteiger partial charge in [0, 0.05) is 16.7 Å². The van der Waals surface area contributed by atoms with Gasteiger partial charge in [-0.25, -0.2) is 0 Å². The van der Waals surface area contributed by atoms with E-state index in [9.17, 15) is 0 Å². The Morgan fingerprint density at radius 3 is 2.06 bits per heavy atom. The lowest BCUT2D eigenvalue weighted by atomic mass is 9.79. The van der Waals surface area contributed by atoms with Gasteiger partial charge in [0.25, 0.3) is 0 Å². The number of nitrogens with one attached hydrogen (secondary N) is 1. The van der Waals surface area contributed by atoms with Gasteiger partial charge in [-0.05, 0) is 57.3 Å². The lowest BCUT2D eigenvalue weighted by Gasteiger charge is -2.35. The van der Waals surface area contributed by atoms with Gasteiger partial charge in [0.05, 0.1) is 29.3 Å². The molecule has 0 saturated heterocycles. The monoisotopic (exact) mass is 621 g/mol. The molecule has 3 heteroatoms. The summed E-state index contributed by atoms with van der Waals surface area (Å²) in [6, 6.07) is 37.3. The van der Waals surface area contributed by atoms with Crippen LogP contribution < -0.4 is 11.1 Å². The van der Waals surface area contributed by atoms with E-state index in [4.69, 9.17) is 5.73 Å². The number of hydrogen-bond acceptors (Lipinski definition) is 2. The van der Waals surface area contributed by atoms with Gasteiger partial charge in [0.1, 0.15) is 0 Å². The molecule has 5 aromatic carbocycles. The first-order chi connectivity index (χ1) is 23.6. The van der Waals surface area contributed by atoms with E-state index < -0.39 is 0 Å². The number of fused-ring (bicyclic) bond motifs is 8. The molecule has 0 saturated carbocycles. The first kappa shape index (κ1) is 29.9. The summed E-state index contributed by atoms with van der Waals surface area (Å²) in [5.74, 6) is 0.127. The summed E-state index contributed by atoms with van der Waals surface area (Å²) < 4.78 is 2.57. The average molecular weight is 622 g/mol. The fraction of sp³-hybridized carbons (Fsp3) is 0.111.